The number of hydrogen-bond acceptors (Lipinski definition) is 5. The molecule has 0 aromatic heterocycles. The van der Waals surface area contributed by atoms with Crippen molar-refractivity contribution in [1.82, 2.24) is 15.5 Å². The minimum Gasteiger partial charge on any atom is -0.497 e. The van der Waals surface area contributed by atoms with E-state index in [0.717, 1.165) is 28.7 Å². The van der Waals surface area contributed by atoms with Crippen molar-refractivity contribution in [2.24, 2.45) is 5.73 Å². The number of imide groups is 1. The minimum absolute atomic E-state index is 0.00348. The molecule has 3 aromatic rings. The average Bonchev–Trinajstić information content (AvgIpc) is 3.34. The molecule has 0 saturated carbocycles. The molecule has 1 atom stereocenters. The molecule has 4 N–H and O–H groups in total. The van der Waals surface area contributed by atoms with Crippen molar-refractivity contribution >= 4 is 17.8 Å². The molecule has 0 spiro atoms. The lowest BCUT2D eigenvalue weighted by Crippen LogP contribution is -2.52. The van der Waals surface area contributed by atoms with Gasteiger partial charge in [0, 0.05) is 12.1 Å². The van der Waals surface area contributed by atoms with Crippen molar-refractivity contribution in [3.8, 4) is 16.9 Å². The van der Waals surface area contributed by atoms with Gasteiger partial charge in [0.05, 0.1) is 13.7 Å². The quantitative estimate of drug-likeness (QED) is 0.459. The van der Waals surface area contributed by atoms with E-state index in [4.69, 9.17) is 10.5 Å². The van der Waals surface area contributed by atoms with Gasteiger partial charge in [-0.1, -0.05) is 54.6 Å². The van der Waals surface area contributed by atoms with Gasteiger partial charge in [-0.15, -0.1) is 0 Å². The summed E-state index contributed by atoms with van der Waals surface area (Å²) in [7, 11) is 1.55. The van der Waals surface area contributed by atoms with E-state index in [1.54, 1.807) is 24.1 Å². The van der Waals surface area contributed by atoms with Gasteiger partial charge in [0.1, 0.15) is 5.75 Å². The summed E-state index contributed by atoms with van der Waals surface area (Å²) in [6, 6.07) is 20.3. The van der Waals surface area contributed by atoms with Crippen LogP contribution >= 0.6 is 0 Å². The Labute approximate surface area is 203 Å². The van der Waals surface area contributed by atoms with Crippen LogP contribution in [-0.2, 0) is 23.3 Å². The summed E-state index contributed by atoms with van der Waals surface area (Å²) in [5.74, 6) is -0.106. The maximum atomic E-state index is 13.2. The fourth-order valence-corrected chi connectivity index (χ4v) is 4.89. The maximum Gasteiger partial charge on any atom is 0.322 e. The second kappa shape index (κ2) is 8.88. The van der Waals surface area contributed by atoms with Gasteiger partial charge < -0.3 is 20.7 Å². The molecule has 3 aromatic carbocycles. The van der Waals surface area contributed by atoms with Gasteiger partial charge in [-0.2, -0.15) is 0 Å². The summed E-state index contributed by atoms with van der Waals surface area (Å²) in [5.41, 5.74) is 9.55. The molecule has 1 fully saturated rings. The molecule has 0 radical (unpaired) electrons. The highest BCUT2D eigenvalue weighted by molar-refractivity contribution is 6.08. The zero-order chi connectivity index (χ0) is 24.6. The third-order valence-electron chi connectivity index (χ3n) is 6.69. The number of fused-ring (bicyclic) bond motifs is 1. The fraction of sp³-hybridized carbons (Fsp3) is 0.222. The van der Waals surface area contributed by atoms with Gasteiger partial charge in [0.2, 0.25) is 0 Å². The largest absolute Gasteiger partial charge is 0.497 e. The lowest BCUT2D eigenvalue weighted by molar-refractivity contribution is -0.124. The van der Waals surface area contributed by atoms with E-state index in [2.05, 4.69) is 10.6 Å². The smallest absolute Gasteiger partial charge is 0.322 e. The molecular formula is C27H26N4O4. The van der Waals surface area contributed by atoms with Crippen LogP contribution in [0.4, 0.5) is 4.79 Å². The maximum absolute atomic E-state index is 13.2. The third kappa shape index (κ3) is 3.91. The molecule has 178 valence electrons. The predicted octanol–water partition coefficient (Wildman–Crippen LogP) is 2.55. The number of methoxy groups -OCH3 is 1. The van der Waals surface area contributed by atoms with Crippen LogP contribution < -0.4 is 21.1 Å². The van der Waals surface area contributed by atoms with Crippen LogP contribution in [0.2, 0.25) is 0 Å². The first-order valence-corrected chi connectivity index (χ1v) is 11.4. The van der Waals surface area contributed by atoms with Crippen molar-refractivity contribution in [2.75, 3.05) is 20.2 Å². The van der Waals surface area contributed by atoms with E-state index in [9.17, 15) is 14.4 Å². The Morgan fingerprint density at radius 3 is 2.46 bits per heavy atom. The molecular weight excluding hydrogens is 444 g/mol. The number of benzene rings is 3. The van der Waals surface area contributed by atoms with Crippen molar-refractivity contribution in [3.63, 3.8) is 0 Å². The number of nitrogens with two attached hydrogens (primary N) is 1. The van der Waals surface area contributed by atoms with Crippen molar-refractivity contribution in [2.45, 2.75) is 18.5 Å². The summed E-state index contributed by atoms with van der Waals surface area (Å²) in [6.07, 6.45) is 0.753. The highest BCUT2D eigenvalue weighted by Gasteiger charge is 2.50. The van der Waals surface area contributed by atoms with Crippen LogP contribution in [0.5, 0.6) is 5.75 Å². The Hall–Kier alpha value is -4.17. The van der Waals surface area contributed by atoms with Gasteiger partial charge in [-0.3, -0.25) is 14.9 Å². The van der Waals surface area contributed by atoms with Gasteiger partial charge in [0.25, 0.3) is 11.8 Å². The molecule has 2 heterocycles. The topological polar surface area (TPSA) is 114 Å². The van der Waals surface area contributed by atoms with Crippen LogP contribution in [0.25, 0.3) is 11.1 Å². The Morgan fingerprint density at radius 1 is 1.00 bits per heavy atom. The summed E-state index contributed by atoms with van der Waals surface area (Å²) < 4.78 is 5.25. The summed E-state index contributed by atoms with van der Waals surface area (Å²) >= 11 is 0. The molecule has 0 bridgehead atoms. The van der Waals surface area contributed by atoms with Crippen LogP contribution in [0.3, 0.4) is 0 Å². The Morgan fingerprint density at radius 2 is 1.77 bits per heavy atom. The Kier molecular flexibility index (Phi) is 5.74. The summed E-state index contributed by atoms with van der Waals surface area (Å²) in [5, 5.41) is 5.13. The van der Waals surface area contributed by atoms with Crippen molar-refractivity contribution < 1.29 is 19.1 Å². The van der Waals surface area contributed by atoms with Gasteiger partial charge >= 0.3 is 6.03 Å². The number of nitrogens with zero attached hydrogens (tertiary/aromatic N) is 1. The fourth-order valence-electron chi connectivity index (χ4n) is 4.89. The number of rotatable bonds is 7. The van der Waals surface area contributed by atoms with Crippen molar-refractivity contribution in [3.05, 3.63) is 89.0 Å². The molecule has 8 nitrogen and oxygen atoms in total. The van der Waals surface area contributed by atoms with Gasteiger partial charge in [0.15, 0.2) is 5.54 Å². The number of amides is 4. The molecule has 1 unspecified atom stereocenters. The summed E-state index contributed by atoms with van der Waals surface area (Å²) in [6.45, 7) is 0.889. The Balaban J connectivity index is 1.48. The summed E-state index contributed by atoms with van der Waals surface area (Å²) in [4.78, 5) is 40.1. The number of hydrogen-bond donors (Lipinski definition) is 3. The molecule has 2 aliphatic rings. The minimum atomic E-state index is -1.39. The number of urea groups is 1. The number of nitrogens with one attached hydrogen (secondary N) is 2. The number of ether oxygens (including phenoxy) is 1. The Bertz CT molecular complexity index is 1320. The second-order valence-corrected chi connectivity index (χ2v) is 8.77. The van der Waals surface area contributed by atoms with E-state index in [-0.39, 0.29) is 12.5 Å². The van der Waals surface area contributed by atoms with E-state index >= 15 is 0 Å². The molecule has 0 aliphatic carbocycles. The molecule has 5 rings (SSSR count). The molecule has 8 heteroatoms. The van der Waals surface area contributed by atoms with Gasteiger partial charge in [-0.05, 0) is 52.9 Å². The van der Waals surface area contributed by atoms with Crippen LogP contribution in [0.15, 0.2) is 66.7 Å². The normalized spacial score (nSPS) is 18.9. The predicted molar refractivity (Wildman–Crippen MR) is 131 cm³/mol. The first-order valence-electron chi connectivity index (χ1n) is 11.4. The first-order chi connectivity index (χ1) is 16.9. The lowest BCUT2D eigenvalue weighted by Gasteiger charge is -2.31. The highest BCUT2D eigenvalue weighted by Crippen LogP contribution is 2.34. The molecule has 35 heavy (non-hydrogen) atoms. The van der Waals surface area contributed by atoms with E-state index < -0.39 is 17.5 Å². The molecule has 4 amide bonds. The molecule has 2 aliphatic heterocycles. The third-order valence-corrected chi connectivity index (χ3v) is 6.69. The zero-order valence-corrected chi connectivity index (χ0v) is 19.3. The number of carbonyl (C=O) groups excluding carboxylic acids is 3. The highest BCUT2D eigenvalue weighted by atomic mass is 16.5. The molecule has 1 saturated heterocycles. The average molecular weight is 471 g/mol. The van der Waals surface area contributed by atoms with Crippen LogP contribution in [0, 0.1) is 0 Å². The monoisotopic (exact) mass is 470 g/mol. The van der Waals surface area contributed by atoms with Crippen LogP contribution in [-0.4, -0.2) is 42.9 Å². The standard InChI is InChI=1S/C27H26N4O4/c1-35-21-11-8-19-15-31(24(32)23(19)14-21)16-27(25(33)29-26(34)30-27)20-9-6-18(7-10-20)22-5-3-2-4-17(22)12-13-28/h2-11,14H,12-13,15-16,28H2,1H3,(H2,29,30,33,34). The van der Waals surface area contributed by atoms with E-state index in [1.165, 1.54) is 0 Å². The number of carbonyl (C=O) groups is 3. The lowest BCUT2D eigenvalue weighted by atomic mass is 9.87. The van der Waals surface area contributed by atoms with Gasteiger partial charge in [-0.25, -0.2) is 4.79 Å². The van der Waals surface area contributed by atoms with Crippen LogP contribution in [0.1, 0.15) is 27.0 Å². The first kappa shape index (κ1) is 22.6. The van der Waals surface area contributed by atoms with E-state index in [0.29, 0.717) is 30.0 Å². The zero-order valence-electron chi connectivity index (χ0n) is 19.3. The second-order valence-electron chi connectivity index (χ2n) is 8.77. The SMILES string of the molecule is COc1ccc2c(c1)C(=O)N(CC1(c3ccc(-c4ccccc4CCN)cc3)NC(=O)NC1=O)C2. The van der Waals surface area contributed by atoms with Crippen molar-refractivity contribution in [1.29, 1.82) is 0 Å². The van der Waals surface area contributed by atoms with E-state index in [1.807, 2.05) is 54.6 Å².